The predicted molar refractivity (Wildman–Crippen MR) is 101 cm³/mol. The van der Waals surface area contributed by atoms with Crippen molar-refractivity contribution in [2.24, 2.45) is 4.99 Å². The highest BCUT2D eigenvalue weighted by Gasteiger charge is 2.18. The van der Waals surface area contributed by atoms with Gasteiger partial charge in [-0.1, -0.05) is 27.2 Å². The quantitative estimate of drug-likeness (QED) is 0.237. The molecular formula is C13H31IN4O2S. The molecule has 0 rings (SSSR count). The summed E-state index contributed by atoms with van der Waals surface area (Å²) in [6, 6.07) is 0. The van der Waals surface area contributed by atoms with Crippen molar-refractivity contribution in [2.45, 2.75) is 40.5 Å². The molecule has 0 radical (unpaired) electrons. The zero-order valence-corrected chi connectivity index (χ0v) is 16.8. The Morgan fingerprint density at radius 2 is 1.71 bits per heavy atom. The van der Waals surface area contributed by atoms with E-state index in [1.807, 2.05) is 20.8 Å². The van der Waals surface area contributed by atoms with Crippen molar-refractivity contribution in [3.8, 4) is 0 Å². The third-order valence-electron chi connectivity index (χ3n) is 2.88. The molecule has 6 nitrogen and oxygen atoms in total. The van der Waals surface area contributed by atoms with Crippen LogP contribution in [0.15, 0.2) is 4.99 Å². The predicted octanol–water partition coefficient (Wildman–Crippen LogP) is 1.63. The van der Waals surface area contributed by atoms with Gasteiger partial charge in [0.15, 0.2) is 5.96 Å². The molecule has 0 fully saturated rings. The van der Waals surface area contributed by atoms with Gasteiger partial charge in [0.25, 0.3) is 0 Å². The maximum absolute atomic E-state index is 12.0. The van der Waals surface area contributed by atoms with Crippen LogP contribution < -0.4 is 10.6 Å². The van der Waals surface area contributed by atoms with Gasteiger partial charge in [-0.05, 0) is 13.3 Å². The SMILES string of the molecule is CCCCN=C(NCC)NCCS(=O)(=O)N(CC)CC.I. The average molecular weight is 434 g/mol. The minimum atomic E-state index is -3.17. The maximum Gasteiger partial charge on any atom is 0.215 e. The Morgan fingerprint density at radius 1 is 1.10 bits per heavy atom. The molecule has 0 aromatic heterocycles. The molecule has 0 aromatic carbocycles. The van der Waals surface area contributed by atoms with Crippen LogP contribution in [0.5, 0.6) is 0 Å². The van der Waals surface area contributed by atoms with Crippen molar-refractivity contribution in [3.63, 3.8) is 0 Å². The van der Waals surface area contributed by atoms with Crippen LogP contribution in [0.2, 0.25) is 0 Å². The van der Waals surface area contributed by atoms with Crippen molar-refractivity contribution < 1.29 is 8.42 Å². The number of halogens is 1. The van der Waals surface area contributed by atoms with Crippen LogP contribution in [-0.2, 0) is 10.0 Å². The fourth-order valence-corrected chi connectivity index (χ4v) is 3.14. The molecule has 0 unspecified atom stereocenters. The molecular weight excluding hydrogens is 403 g/mol. The molecule has 0 aliphatic heterocycles. The number of sulfonamides is 1. The molecule has 2 N–H and O–H groups in total. The van der Waals surface area contributed by atoms with Crippen LogP contribution in [0.1, 0.15) is 40.5 Å². The van der Waals surface area contributed by atoms with E-state index in [9.17, 15) is 8.42 Å². The Balaban J connectivity index is 0. The normalized spacial score (nSPS) is 12.1. The molecule has 0 atom stereocenters. The molecule has 0 spiro atoms. The lowest BCUT2D eigenvalue weighted by Gasteiger charge is -2.19. The van der Waals surface area contributed by atoms with Crippen molar-refractivity contribution in [1.82, 2.24) is 14.9 Å². The van der Waals surface area contributed by atoms with Gasteiger partial charge in [0.1, 0.15) is 0 Å². The minimum Gasteiger partial charge on any atom is -0.357 e. The molecule has 21 heavy (non-hydrogen) atoms. The highest BCUT2D eigenvalue weighted by Crippen LogP contribution is 1.99. The van der Waals surface area contributed by atoms with Gasteiger partial charge in [0, 0.05) is 32.7 Å². The fourth-order valence-electron chi connectivity index (χ4n) is 1.74. The lowest BCUT2D eigenvalue weighted by atomic mass is 10.3. The van der Waals surface area contributed by atoms with Gasteiger partial charge >= 0.3 is 0 Å². The number of unbranched alkanes of at least 4 members (excludes halogenated alkanes) is 1. The first-order valence-corrected chi connectivity index (χ1v) is 9.12. The average Bonchev–Trinajstić information content (AvgIpc) is 2.39. The summed E-state index contributed by atoms with van der Waals surface area (Å²) < 4.78 is 25.5. The highest BCUT2D eigenvalue weighted by molar-refractivity contribution is 14.0. The Morgan fingerprint density at radius 3 is 2.19 bits per heavy atom. The second-order valence-corrected chi connectivity index (χ2v) is 6.53. The lowest BCUT2D eigenvalue weighted by Crippen LogP contribution is -2.42. The van der Waals surface area contributed by atoms with E-state index >= 15 is 0 Å². The maximum atomic E-state index is 12.0. The molecule has 8 heteroatoms. The number of hydrogen-bond acceptors (Lipinski definition) is 3. The zero-order valence-electron chi connectivity index (χ0n) is 13.7. The minimum absolute atomic E-state index is 0. The second kappa shape index (κ2) is 13.6. The number of rotatable bonds is 10. The smallest absolute Gasteiger partial charge is 0.215 e. The van der Waals surface area contributed by atoms with Crippen molar-refractivity contribution in [1.29, 1.82) is 0 Å². The molecule has 0 saturated carbocycles. The lowest BCUT2D eigenvalue weighted by molar-refractivity contribution is 0.445. The largest absolute Gasteiger partial charge is 0.357 e. The molecule has 0 aliphatic carbocycles. The summed E-state index contributed by atoms with van der Waals surface area (Å²) in [6.07, 6.45) is 2.13. The molecule has 0 saturated heterocycles. The van der Waals surface area contributed by atoms with E-state index < -0.39 is 10.0 Å². The van der Waals surface area contributed by atoms with E-state index in [1.165, 1.54) is 4.31 Å². The third-order valence-corrected chi connectivity index (χ3v) is 4.90. The highest BCUT2D eigenvalue weighted by atomic mass is 127. The van der Waals surface area contributed by atoms with E-state index in [1.54, 1.807) is 0 Å². The number of aliphatic imine (C=N–C) groups is 1. The summed E-state index contributed by atoms with van der Waals surface area (Å²) in [5.74, 6) is 0.781. The van der Waals surface area contributed by atoms with E-state index in [2.05, 4.69) is 22.5 Å². The number of guanidine groups is 1. The zero-order chi connectivity index (χ0) is 15.4. The third kappa shape index (κ3) is 10.3. The van der Waals surface area contributed by atoms with E-state index in [0.717, 1.165) is 25.9 Å². The summed E-state index contributed by atoms with van der Waals surface area (Å²) in [4.78, 5) is 4.39. The van der Waals surface area contributed by atoms with Crippen LogP contribution in [0, 0.1) is 0 Å². The van der Waals surface area contributed by atoms with Gasteiger partial charge in [-0.2, -0.15) is 0 Å². The number of nitrogens with one attached hydrogen (secondary N) is 2. The molecule has 0 heterocycles. The molecule has 0 aromatic rings. The molecule has 0 amide bonds. The monoisotopic (exact) mass is 434 g/mol. The summed E-state index contributed by atoms with van der Waals surface area (Å²) >= 11 is 0. The summed E-state index contributed by atoms with van der Waals surface area (Å²) in [5.41, 5.74) is 0. The van der Waals surface area contributed by atoms with Crippen LogP contribution in [0.3, 0.4) is 0 Å². The number of hydrogen-bond donors (Lipinski definition) is 2. The second-order valence-electron chi connectivity index (χ2n) is 4.44. The first kappa shape index (κ1) is 23.2. The Hall–Kier alpha value is -0.0900. The number of nitrogens with zero attached hydrogens (tertiary/aromatic N) is 2. The molecule has 0 aliphatic rings. The van der Waals surface area contributed by atoms with Gasteiger partial charge in [0.2, 0.25) is 10.0 Å². The van der Waals surface area contributed by atoms with Crippen molar-refractivity contribution in [3.05, 3.63) is 0 Å². The van der Waals surface area contributed by atoms with Crippen LogP contribution in [0.4, 0.5) is 0 Å². The first-order chi connectivity index (χ1) is 9.51. The van der Waals surface area contributed by atoms with Gasteiger partial charge in [-0.25, -0.2) is 12.7 Å². The Kier molecular flexibility index (Phi) is 15.0. The van der Waals surface area contributed by atoms with Crippen LogP contribution in [-0.4, -0.2) is 57.2 Å². The summed E-state index contributed by atoms with van der Waals surface area (Å²) in [7, 11) is -3.17. The van der Waals surface area contributed by atoms with E-state index in [4.69, 9.17) is 0 Å². The molecule has 128 valence electrons. The van der Waals surface area contributed by atoms with Gasteiger partial charge in [-0.3, -0.25) is 4.99 Å². The summed E-state index contributed by atoms with van der Waals surface area (Å²) in [6.45, 7) is 10.7. The topological polar surface area (TPSA) is 73.8 Å². The van der Waals surface area contributed by atoms with Gasteiger partial charge in [0.05, 0.1) is 5.75 Å². The van der Waals surface area contributed by atoms with Gasteiger partial charge < -0.3 is 10.6 Å². The fraction of sp³-hybridized carbons (Fsp3) is 0.923. The Bertz CT molecular complexity index is 370. The van der Waals surface area contributed by atoms with Crippen molar-refractivity contribution in [2.75, 3.05) is 38.5 Å². The Labute approximate surface area is 147 Å². The van der Waals surface area contributed by atoms with E-state index in [-0.39, 0.29) is 29.7 Å². The standard InChI is InChI=1S/C13H30N4O2S.HI/c1-5-9-10-15-13(14-6-2)16-11-12-20(18,19)17(7-3)8-4;/h5-12H2,1-4H3,(H2,14,15,16);1H. The first-order valence-electron chi connectivity index (χ1n) is 7.51. The van der Waals surface area contributed by atoms with E-state index in [0.29, 0.717) is 25.6 Å². The van der Waals surface area contributed by atoms with Gasteiger partial charge in [-0.15, -0.1) is 24.0 Å². The summed E-state index contributed by atoms with van der Waals surface area (Å²) in [5, 5.41) is 6.19. The molecule has 0 bridgehead atoms. The van der Waals surface area contributed by atoms with Crippen molar-refractivity contribution >= 4 is 40.0 Å². The van der Waals surface area contributed by atoms with Crippen LogP contribution in [0.25, 0.3) is 0 Å². The van der Waals surface area contributed by atoms with Crippen LogP contribution >= 0.6 is 24.0 Å².